The van der Waals surface area contributed by atoms with E-state index < -0.39 is 53.2 Å². The van der Waals surface area contributed by atoms with Crippen LogP contribution in [0.25, 0.3) is 0 Å². The maximum Gasteiger partial charge on any atom is 0.352 e. The van der Waals surface area contributed by atoms with Crippen molar-refractivity contribution < 1.29 is 34.2 Å². The lowest BCUT2D eigenvalue weighted by molar-refractivity contribution is -0.150. The lowest BCUT2D eigenvalue weighted by Gasteiger charge is -2.49. The lowest BCUT2D eigenvalue weighted by Crippen LogP contribution is -2.71. The van der Waals surface area contributed by atoms with Crippen LogP contribution in [-0.2, 0) is 24.0 Å². The first-order valence-electron chi connectivity index (χ1n) is 11.3. The van der Waals surface area contributed by atoms with Crippen molar-refractivity contribution in [2.45, 2.75) is 30.6 Å². The molecule has 2 unspecified atom stereocenters. The molecule has 0 spiro atoms. The first kappa shape index (κ1) is 29.1. The molecule has 4 atom stereocenters. The second kappa shape index (κ2) is 11.7. The minimum Gasteiger partial charge on any atom is -0.478 e. The minimum absolute atomic E-state index is 0.0118. The number of amidine groups is 1. The van der Waals surface area contributed by atoms with E-state index in [9.17, 15) is 24.3 Å². The second-order valence-electron chi connectivity index (χ2n) is 8.39. The molecular formula is C20H24N10O7S3. The van der Waals surface area contributed by atoms with Crippen molar-refractivity contribution in [1.29, 1.82) is 0 Å². The van der Waals surface area contributed by atoms with Gasteiger partial charge in [-0.25, -0.2) is 25.4 Å². The van der Waals surface area contributed by atoms with Gasteiger partial charge in [-0.3, -0.25) is 19.5 Å². The number of nitrogens with zero attached hydrogens (tertiary/aromatic N) is 5. The van der Waals surface area contributed by atoms with Crippen molar-refractivity contribution in [1.82, 2.24) is 20.2 Å². The molecule has 17 nitrogen and oxygen atoms in total. The summed E-state index contributed by atoms with van der Waals surface area (Å²) in [7, 11) is 0. The van der Waals surface area contributed by atoms with E-state index in [2.05, 4.69) is 20.4 Å². The molecule has 0 bridgehead atoms. The summed E-state index contributed by atoms with van der Waals surface area (Å²) in [4.78, 5) is 63.5. The number of aliphatic carboxylic acids is 2. The summed E-state index contributed by atoms with van der Waals surface area (Å²) >= 11 is 3.37. The monoisotopic (exact) mass is 612 g/mol. The molecule has 0 aliphatic carbocycles. The Hall–Kier alpha value is -3.85. The van der Waals surface area contributed by atoms with Gasteiger partial charge >= 0.3 is 11.9 Å². The van der Waals surface area contributed by atoms with Crippen molar-refractivity contribution in [3.63, 3.8) is 0 Å². The number of carboxylic acid groups (broad SMARTS) is 2. The summed E-state index contributed by atoms with van der Waals surface area (Å²) < 4.78 is 0. The number of thioether (sulfide) groups is 2. The van der Waals surface area contributed by atoms with Gasteiger partial charge in [-0.2, -0.15) is 0 Å². The van der Waals surface area contributed by atoms with E-state index in [0.29, 0.717) is 5.57 Å². The van der Waals surface area contributed by atoms with Gasteiger partial charge in [0, 0.05) is 16.9 Å². The first-order chi connectivity index (χ1) is 18.9. The zero-order valence-electron chi connectivity index (χ0n) is 20.6. The Morgan fingerprint density at radius 3 is 2.70 bits per heavy atom. The molecule has 11 N–H and O–H groups in total. The molecule has 4 heterocycles. The van der Waals surface area contributed by atoms with Crippen molar-refractivity contribution in [3.05, 3.63) is 34.2 Å². The van der Waals surface area contributed by atoms with Crippen LogP contribution in [0, 0.1) is 0 Å². The highest BCUT2D eigenvalue weighted by Gasteiger charge is 2.54. The molecule has 0 radical (unpaired) electrons. The summed E-state index contributed by atoms with van der Waals surface area (Å²) in [6.07, 6.45) is -0.619. The van der Waals surface area contributed by atoms with E-state index >= 15 is 0 Å². The number of thiazole rings is 1. The average molecular weight is 613 g/mol. The molecule has 1 aromatic heterocycles. The van der Waals surface area contributed by atoms with E-state index in [-0.39, 0.29) is 39.0 Å². The van der Waals surface area contributed by atoms with Crippen LogP contribution >= 0.6 is 34.9 Å². The molecule has 3 aliphatic rings. The van der Waals surface area contributed by atoms with Gasteiger partial charge in [0.15, 0.2) is 16.0 Å². The van der Waals surface area contributed by atoms with Crippen LogP contribution < -0.4 is 28.4 Å². The van der Waals surface area contributed by atoms with Crippen LogP contribution in [0.1, 0.15) is 12.6 Å². The fourth-order valence-electron chi connectivity index (χ4n) is 3.63. The number of fused-ring (bicyclic) bond motifs is 1. The maximum atomic E-state index is 13.1. The Labute approximate surface area is 238 Å². The number of hydrogen-bond acceptors (Lipinski definition) is 16. The molecule has 1 aromatic rings. The topological polar surface area (TPSA) is 278 Å². The van der Waals surface area contributed by atoms with Gasteiger partial charge < -0.3 is 37.6 Å². The number of nitrogens with one attached hydrogen (secondary N) is 1. The number of hydrazine groups is 1. The van der Waals surface area contributed by atoms with Crippen molar-refractivity contribution >= 4 is 74.6 Å². The normalized spacial score (nSPS) is 23.5. The highest BCUT2D eigenvalue weighted by atomic mass is 32.2. The molecule has 214 valence electrons. The quantitative estimate of drug-likeness (QED) is 0.0688. The summed E-state index contributed by atoms with van der Waals surface area (Å²) in [6.45, 7) is 1.21. The Bertz CT molecular complexity index is 1380. The van der Waals surface area contributed by atoms with Gasteiger partial charge in [-0.15, -0.1) is 23.1 Å². The fraction of sp³-hybridized carbons (Fsp3) is 0.350. The zero-order valence-corrected chi connectivity index (χ0v) is 23.0. The molecule has 1 fully saturated rings. The third kappa shape index (κ3) is 5.84. The van der Waals surface area contributed by atoms with Crippen LogP contribution in [0.4, 0.5) is 5.13 Å². The molecule has 1 saturated heterocycles. The number of carbonyl (C=O) groups is 4. The van der Waals surface area contributed by atoms with Gasteiger partial charge in [0.05, 0.1) is 0 Å². The summed E-state index contributed by atoms with van der Waals surface area (Å²) in [5.41, 5.74) is 17.1. The third-order valence-corrected chi connectivity index (χ3v) is 8.72. The number of carboxylic acids is 2. The van der Waals surface area contributed by atoms with E-state index in [1.54, 1.807) is 0 Å². The van der Waals surface area contributed by atoms with Gasteiger partial charge in [0.2, 0.25) is 6.10 Å². The van der Waals surface area contributed by atoms with Gasteiger partial charge in [0.1, 0.15) is 34.8 Å². The number of amides is 2. The van der Waals surface area contributed by atoms with Crippen molar-refractivity contribution in [3.8, 4) is 0 Å². The highest BCUT2D eigenvalue weighted by Crippen LogP contribution is 2.41. The number of rotatable bonds is 9. The third-order valence-electron chi connectivity index (χ3n) is 5.65. The molecule has 0 saturated carbocycles. The number of oxime groups is 1. The molecule has 0 aromatic carbocycles. The summed E-state index contributed by atoms with van der Waals surface area (Å²) in [6, 6.07) is -1.09. The van der Waals surface area contributed by atoms with Crippen LogP contribution in [0.5, 0.6) is 0 Å². The highest BCUT2D eigenvalue weighted by molar-refractivity contribution is 8.14. The van der Waals surface area contributed by atoms with Crippen molar-refractivity contribution in [2.75, 3.05) is 17.2 Å². The van der Waals surface area contributed by atoms with Gasteiger partial charge in [-0.05, 0) is 18.6 Å². The van der Waals surface area contributed by atoms with Crippen LogP contribution in [-0.4, -0.2) is 94.9 Å². The van der Waals surface area contributed by atoms with E-state index in [4.69, 9.17) is 33.0 Å². The van der Waals surface area contributed by atoms with Gasteiger partial charge in [-0.1, -0.05) is 16.9 Å². The standard InChI is InChI=1S/C20H24N10O7S3/c1-6(17(33)34)37-28-11(8-5-39-19(23)25-8)14(31)27-12-15(32)29-13(18(35)36)7(3-38-16(12)29)4-40-20-26-9(21)2-10(22)30(20)24/h2,5-6,10,12,16H,3-4,21-22,24H2,1H3,(H2,23,25)(H,27,31)(H,33,34)(H,35,36)/b28-11-/t6-,10?,12?,16+/m1/s1. The number of nitrogens with two attached hydrogens (primary N) is 4. The molecule has 2 amide bonds. The van der Waals surface area contributed by atoms with Crippen LogP contribution in [0.15, 0.2) is 38.7 Å². The number of hydrogen-bond donors (Lipinski definition) is 7. The van der Waals surface area contributed by atoms with E-state index in [0.717, 1.165) is 28.0 Å². The number of aliphatic imine (C=N–C) groups is 1. The molecule has 20 heteroatoms. The van der Waals surface area contributed by atoms with Crippen LogP contribution in [0.3, 0.4) is 0 Å². The largest absolute Gasteiger partial charge is 0.478 e. The maximum absolute atomic E-state index is 13.1. The number of nitrogen functional groups attached to an aromatic ring is 1. The molecular weight excluding hydrogens is 588 g/mol. The number of carbonyl (C=O) groups excluding carboxylic acids is 2. The summed E-state index contributed by atoms with van der Waals surface area (Å²) in [5, 5.41) is 27.4. The van der Waals surface area contributed by atoms with Gasteiger partial charge in [0.25, 0.3) is 11.8 Å². The average Bonchev–Trinajstić information content (AvgIpc) is 3.33. The minimum atomic E-state index is -1.37. The second-order valence-corrected chi connectivity index (χ2v) is 11.3. The zero-order chi connectivity index (χ0) is 29.3. The molecule has 40 heavy (non-hydrogen) atoms. The number of aromatic nitrogens is 1. The SMILES string of the molecule is C[C@@H](O/N=C(\C(=O)NC1C(=O)N2C(C(=O)O)=C(CSC3=NC(N)=CC(N)N3N)CS[C@@H]12)c1csc(N)n1)C(=O)O. The van der Waals surface area contributed by atoms with E-state index in [1.165, 1.54) is 35.2 Å². The first-order valence-corrected chi connectivity index (χ1v) is 14.2. The molecule has 3 aliphatic heterocycles. The number of anilines is 1. The van der Waals surface area contributed by atoms with Crippen molar-refractivity contribution in [2.24, 2.45) is 27.5 Å². The Morgan fingerprint density at radius 2 is 2.08 bits per heavy atom. The van der Waals surface area contributed by atoms with E-state index in [1.807, 2.05) is 0 Å². The number of β-lactam (4-membered cyclic amide) rings is 1. The predicted molar refractivity (Wildman–Crippen MR) is 147 cm³/mol. The summed E-state index contributed by atoms with van der Waals surface area (Å²) in [5.74, 6) is 2.27. The lowest BCUT2D eigenvalue weighted by atomic mass is 10.0. The fourth-order valence-corrected chi connectivity index (χ4v) is 6.63. The van der Waals surface area contributed by atoms with Crippen LogP contribution in [0.2, 0.25) is 0 Å². The Balaban J connectivity index is 1.50. The predicted octanol–water partition coefficient (Wildman–Crippen LogP) is -1.98. The Kier molecular flexibility index (Phi) is 8.54. The Morgan fingerprint density at radius 1 is 1.35 bits per heavy atom. The molecule has 4 rings (SSSR count). The smallest absolute Gasteiger partial charge is 0.352 e.